The molecule has 11 heteroatoms. The van der Waals surface area contributed by atoms with E-state index in [1.54, 1.807) is 48.5 Å². The molecular formula is C28H31N3O6S2. The molecule has 1 heterocycles. The Balaban J connectivity index is 1.63. The zero-order valence-corrected chi connectivity index (χ0v) is 23.2. The number of rotatable bonds is 9. The van der Waals surface area contributed by atoms with Crippen molar-refractivity contribution in [2.45, 2.75) is 54.3 Å². The number of primary amides is 1. The number of carbonyl (C=O) groups excluding carboxylic acids is 2. The quantitative estimate of drug-likeness (QED) is 0.292. The first-order valence-electron chi connectivity index (χ1n) is 12.5. The maximum Gasteiger partial charge on any atom is 0.313 e. The second kappa shape index (κ2) is 11.4. The average molecular weight is 570 g/mol. The minimum absolute atomic E-state index is 0.0153. The number of carboxylic acid groups (broad SMARTS) is 1. The molecule has 4 atom stereocenters. The molecule has 0 saturated carbocycles. The Morgan fingerprint density at radius 1 is 1.00 bits per heavy atom. The van der Waals surface area contributed by atoms with Gasteiger partial charge in [-0.15, -0.1) is 0 Å². The van der Waals surface area contributed by atoms with Crippen LogP contribution < -0.4 is 11.1 Å². The summed E-state index contributed by atoms with van der Waals surface area (Å²) in [6, 6.07) is 15.9. The maximum atomic E-state index is 13.6. The molecule has 0 radical (unpaired) electrons. The van der Waals surface area contributed by atoms with Crippen LogP contribution in [-0.2, 0) is 24.4 Å². The van der Waals surface area contributed by atoms with Gasteiger partial charge in [-0.1, -0.05) is 68.4 Å². The highest BCUT2D eigenvalue weighted by molar-refractivity contribution is 7.89. The van der Waals surface area contributed by atoms with Gasteiger partial charge in [-0.25, -0.2) is 8.42 Å². The number of hydrogen-bond donors (Lipinski definition) is 4. The van der Waals surface area contributed by atoms with Gasteiger partial charge >= 0.3 is 5.97 Å². The van der Waals surface area contributed by atoms with Gasteiger partial charge in [0.15, 0.2) is 0 Å². The van der Waals surface area contributed by atoms with Gasteiger partial charge in [0, 0.05) is 11.8 Å². The van der Waals surface area contributed by atoms with Crippen molar-refractivity contribution in [3.63, 3.8) is 0 Å². The molecule has 0 aromatic heterocycles. The van der Waals surface area contributed by atoms with Gasteiger partial charge in [0.1, 0.15) is 18.0 Å². The molecule has 0 bridgehead atoms. The number of sulfonamides is 1. The number of carbonyl (C=O) groups is 3. The third-order valence-electron chi connectivity index (χ3n) is 7.03. The van der Waals surface area contributed by atoms with Gasteiger partial charge in [-0.2, -0.15) is 16.9 Å². The standard InChI is InChI=1S/C28H31N3O6S2/c1-16(2)17-7-9-19(10-8-17)24(28(34)35)25(26(29)32)30-27(33)23-14-21(38)15-31(23)39(36,37)22-12-11-18-5-3-4-6-20(18)13-22/h3-13,16,21,23-25,38H,14-15H2,1-2H3,(H2,29,32)(H,30,33)(H,34,35)/t21-,23+,24?,25?/m1/s1. The first-order chi connectivity index (χ1) is 18.4. The van der Waals surface area contributed by atoms with Crippen molar-refractivity contribution >= 4 is 51.2 Å². The van der Waals surface area contributed by atoms with Crippen LogP contribution in [0.1, 0.15) is 43.2 Å². The molecule has 0 aliphatic carbocycles. The van der Waals surface area contributed by atoms with E-state index in [0.29, 0.717) is 0 Å². The van der Waals surface area contributed by atoms with E-state index in [1.807, 2.05) is 26.0 Å². The van der Waals surface area contributed by atoms with Gasteiger partial charge in [0.05, 0.1) is 4.90 Å². The minimum Gasteiger partial charge on any atom is -0.481 e. The molecule has 9 nitrogen and oxygen atoms in total. The van der Waals surface area contributed by atoms with Gasteiger partial charge in [0.25, 0.3) is 0 Å². The molecule has 3 aromatic rings. The summed E-state index contributed by atoms with van der Waals surface area (Å²) in [4.78, 5) is 38.2. The fraction of sp³-hybridized carbons (Fsp3) is 0.321. The summed E-state index contributed by atoms with van der Waals surface area (Å²) in [6.07, 6.45) is 0.0774. The smallest absolute Gasteiger partial charge is 0.313 e. The predicted molar refractivity (Wildman–Crippen MR) is 151 cm³/mol. The second-order valence-electron chi connectivity index (χ2n) is 10.0. The van der Waals surface area contributed by atoms with Crippen molar-refractivity contribution in [1.82, 2.24) is 9.62 Å². The number of carboxylic acids is 1. The summed E-state index contributed by atoms with van der Waals surface area (Å²) < 4.78 is 28.3. The molecule has 2 amide bonds. The molecule has 2 unspecified atom stereocenters. The number of benzene rings is 3. The van der Waals surface area contributed by atoms with Gasteiger partial charge in [-0.05, 0) is 46.4 Å². The molecule has 0 spiro atoms. The van der Waals surface area contributed by atoms with Crippen LogP contribution in [0.4, 0.5) is 0 Å². The van der Waals surface area contributed by atoms with E-state index in [1.165, 1.54) is 6.07 Å². The summed E-state index contributed by atoms with van der Waals surface area (Å²) >= 11 is 4.42. The number of nitrogens with zero attached hydrogens (tertiary/aromatic N) is 1. The van der Waals surface area contributed by atoms with Crippen molar-refractivity contribution in [2.24, 2.45) is 5.73 Å². The summed E-state index contributed by atoms with van der Waals surface area (Å²) in [5, 5.41) is 13.6. The Morgan fingerprint density at radius 3 is 2.21 bits per heavy atom. The summed E-state index contributed by atoms with van der Waals surface area (Å²) in [6.45, 7) is 3.95. The van der Waals surface area contributed by atoms with Gasteiger partial charge in [-0.3, -0.25) is 14.4 Å². The molecule has 1 aliphatic rings. The first kappa shape index (κ1) is 28.6. The number of hydrogen-bond acceptors (Lipinski definition) is 6. The third-order valence-corrected chi connectivity index (χ3v) is 9.27. The second-order valence-corrected chi connectivity index (χ2v) is 12.6. The zero-order chi connectivity index (χ0) is 28.5. The van der Waals surface area contributed by atoms with Crippen molar-refractivity contribution < 1.29 is 27.9 Å². The van der Waals surface area contributed by atoms with Crippen LogP contribution in [0.2, 0.25) is 0 Å². The monoisotopic (exact) mass is 569 g/mol. The number of thiol groups is 1. The first-order valence-corrected chi connectivity index (χ1v) is 14.5. The Hall–Kier alpha value is -3.41. The van der Waals surface area contributed by atoms with Crippen molar-refractivity contribution in [1.29, 1.82) is 0 Å². The summed E-state index contributed by atoms with van der Waals surface area (Å²) in [7, 11) is -4.12. The van der Waals surface area contributed by atoms with E-state index >= 15 is 0 Å². The summed E-state index contributed by atoms with van der Waals surface area (Å²) in [5.41, 5.74) is 6.83. The highest BCUT2D eigenvalue weighted by Gasteiger charge is 2.45. The highest BCUT2D eigenvalue weighted by atomic mass is 32.2. The van der Waals surface area contributed by atoms with E-state index in [9.17, 15) is 27.9 Å². The zero-order valence-electron chi connectivity index (χ0n) is 21.5. The van der Waals surface area contributed by atoms with Crippen LogP contribution in [0, 0.1) is 0 Å². The minimum atomic E-state index is -4.12. The normalized spacial score (nSPS) is 19.6. The van der Waals surface area contributed by atoms with E-state index in [-0.39, 0.29) is 29.3 Å². The molecule has 206 valence electrons. The Bertz CT molecular complexity index is 1510. The maximum absolute atomic E-state index is 13.6. The number of aliphatic carboxylic acids is 1. The van der Waals surface area contributed by atoms with Crippen LogP contribution in [0.15, 0.2) is 71.6 Å². The topological polar surface area (TPSA) is 147 Å². The SMILES string of the molecule is CC(C)c1ccc(C(C(=O)O)C(NC(=O)[C@@H]2C[C@@H](S)CN2S(=O)(=O)c2ccc3ccccc3c2)C(N)=O)cc1. The number of fused-ring (bicyclic) bond motifs is 1. The number of nitrogens with one attached hydrogen (secondary N) is 1. The fourth-order valence-corrected chi connectivity index (χ4v) is 7.05. The van der Waals surface area contributed by atoms with Crippen molar-refractivity contribution in [2.75, 3.05) is 6.54 Å². The Morgan fingerprint density at radius 2 is 1.62 bits per heavy atom. The lowest BCUT2D eigenvalue weighted by Crippen LogP contribution is -2.55. The Kier molecular flexibility index (Phi) is 8.34. The molecule has 1 fully saturated rings. The van der Waals surface area contributed by atoms with Crippen LogP contribution >= 0.6 is 12.6 Å². The van der Waals surface area contributed by atoms with E-state index < -0.39 is 51.1 Å². The third kappa shape index (κ3) is 5.95. The van der Waals surface area contributed by atoms with Crippen molar-refractivity contribution in [3.8, 4) is 0 Å². The highest BCUT2D eigenvalue weighted by Crippen LogP contribution is 2.31. The van der Waals surface area contributed by atoms with Crippen LogP contribution in [0.5, 0.6) is 0 Å². The van der Waals surface area contributed by atoms with Gasteiger partial charge < -0.3 is 16.2 Å². The lowest BCUT2D eigenvalue weighted by atomic mass is 9.89. The fourth-order valence-electron chi connectivity index (χ4n) is 4.89. The molecule has 4 rings (SSSR count). The lowest BCUT2D eigenvalue weighted by Gasteiger charge is -2.27. The molecule has 39 heavy (non-hydrogen) atoms. The molecule has 4 N–H and O–H groups in total. The predicted octanol–water partition coefficient (Wildman–Crippen LogP) is 2.86. The number of nitrogens with two attached hydrogens (primary N) is 1. The lowest BCUT2D eigenvalue weighted by molar-refractivity contribution is -0.142. The molecule has 1 aliphatic heterocycles. The van der Waals surface area contributed by atoms with Crippen molar-refractivity contribution in [3.05, 3.63) is 77.9 Å². The van der Waals surface area contributed by atoms with Gasteiger partial charge in [0.2, 0.25) is 21.8 Å². The Labute approximate surface area is 232 Å². The molecular weight excluding hydrogens is 538 g/mol. The van der Waals surface area contributed by atoms with E-state index in [2.05, 4.69) is 17.9 Å². The molecule has 3 aromatic carbocycles. The summed E-state index contributed by atoms with van der Waals surface area (Å²) in [5.74, 6) is -4.47. The molecule has 1 saturated heterocycles. The van der Waals surface area contributed by atoms with E-state index in [0.717, 1.165) is 20.6 Å². The largest absolute Gasteiger partial charge is 0.481 e. The van der Waals surface area contributed by atoms with Crippen LogP contribution in [-0.4, -0.2) is 59.5 Å². The van der Waals surface area contributed by atoms with Crippen LogP contribution in [0.3, 0.4) is 0 Å². The average Bonchev–Trinajstić information content (AvgIpc) is 3.30. The van der Waals surface area contributed by atoms with Crippen LogP contribution in [0.25, 0.3) is 10.8 Å². The number of amides is 2. The van der Waals surface area contributed by atoms with E-state index in [4.69, 9.17) is 5.73 Å².